The Morgan fingerprint density at radius 1 is 1.33 bits per heavy atom. The maximum atomic E-state index is 13.2. The smallest absolute Gasteiger partial charge is 0.221 e. The molecule has 0 saturated heterocycles. The summed E-state index contributed by atoms with van der Waals surface area (Å²) in [6.07, 6.45) is 6.00. The van der Waals surface area contributed by atoms with Crippen LogP contribution in [-0.4, -0.2) is 17.6 Å². The highest BCUT2D eigenvalue weighted by Gasteiger charge is 2.20. The van der Waals surface area contributed by atoms with Crippen LogP contribution in [0.3, 0.4) is 0 Å². The quantitative estimate of drug-likeness (QED) is 0.648. The van der Waals surface area contributed by atoms with Gasteiger partial charge in [-0.15, -0.1) is 0 Å². The van der Waals surface area contributed by atoms with Gasteiger partial charge in [-0.25, -0.2) is 13.2 Å². The molecule has 0 heterocycles. The fraction of sp³-hybridized carbons (Fsp3) is 0.400. The van der Waals surface area contributed by atoms with Gasteiger partial charge >= 0.3 is 0 Å². The molecule has 0 aromatic heterocycles. The number of rotatable bonds is 5. The average Bonchev–Trinajstić information content (AvgIpc) is 2.94. The normalized spacial score (nSPS) is 18.8. The molecule has 21 heavy (non-hydrogen) atoms. The Labute approximate surface area is 120 Å². The van der Waals surface area contributed by atoms with E-state index in [2.05, 4.69) is 5.32 Å². The van der Waals surface area contributed by atoms with Crippen molar-refractivity contribution in [3.63, 3.8) is 0 Å². The van der Waals surface area contributed by atoms with Crippen molar-refractivity contribution in [3.8, 4) is 0 Å². The summed E-state index contributed by atoms with van der Waals surface area (Å²) >= 11 is 0. The predicted molar refractivity (Wildman–Crippen MR) is 70.8 cm³/mol. The molecule has 1 aliphatic rings. The Kier molecular flexibility index (Phi) is 5.01. The second-order valence-corrected chi connectivity index (χ2v) is 5.07. The fourth-order valence-electron chi connectivity index (χ4n) is 2.37. The molecule has 1 aromatic carbocycles. The van der Waals surface area contributed by atoms with E-state index >= 15 is 0 Å². The van der Waals surface area contributed by atoms with Crippen LogP contribution < -0.4 is 5.32 Å². The average molecular weight is 299 g/mol. The van der Waals surface area contributed by atoms with Gasteiger partial charge in [0, 0.05) is 6.42 Å². The highest BCUT2D eigenvalue weighted by Crippen LogP contribution is 2.22. The number of nitrogens with one attached hydrogen (secondary N) is 1. The third kappa shape index (κ3) is 3.85. The van der Waals surface area contributed by atoms with E-state index in [1.165, 1.54) is 0 Å². The van der Waals surface area contributed by atoms with Crippen molar-refractivity contribution in [2.75, 3.05) is 6.61 Å². The Morgan fingerprint density at radius 2 is 2.00 bits per heavy atom. The highest BCUT2D eigenvalue weighted by atomic mass is 19.2. The SMILES string of the molecule is O=C(CC1C=CCC1)NC(CO)c1cc(F)c(F)c(F)c1. The van der Waals surface area contributed by atoms with E-state index in [0.717, 1.165) is 25.0 Å². The first-order valence-electron chi connectivity index (χ1n) is 6.72. The van der Waals surface area contributed by atoms with E-state index < -0.39 is 30.1 Å². The summed E-state index contributed by atoms with van der Waals surface area (Å²) in [6, 6.07) is 0.580. The van der Waals surface area contributed by atoms with E-state index in [1.807, 2.05) is 12.2 Å². The minimum atomic E-state index is -1.57. The molecule has 0 saturated carbocycles. The van der Waals surface area contributed by atoms with Gasteiger partial charge in [0.1, 0.15) is 0 Å². The Morgan fingerprint density at radius 3 is 2.52 bits per heavy atom. The largest absolute Gasteiger partial charge is 0.394 e. The predicted octanol–water partition coefficient (Wildman–Crippen LogP) is 2.61. The number of benzene rings is 1. The third-order valence-corrected chi connectivity index (χ3v) is 3.49. The fourth-order valence-corrected chi connectivity index (χ4v) is 2.37. The topological polar surface area (TPSA) is 49.3 Å². The first kappa shape index (κ1) is 15.6. The molecule has 1 aromatic rings. The third-order valence-electron chi connectivity index (χ3n) is 3.49. The number of aliphatic hydroxyl groups is 1. The van der Waals surface area contributed by atoms with Crippen molar-refractivity contribution in [1.82, 2.24) is 5.32 Å². The molecule has 1 aliphatic carbocycles. The van der Waals surface area contributed by atoms with Crippen LogP contribution in [-0.2, 0) is 4.79 Å². The van der Waals surface area contributed by atoms with Gasteiger partial charge in [-0.05, 0) is 36.5 Å². The highest BCUT2D eigenvalue weighted by molar-refractivity contribution is 5.77. The first-order valence-corrected chi connectivity index (χ1v) is 6.72. The van der Waals surface area contributed by atoms with Crippen LogP contribution in [0.1, 0.15) is 30.9 Å². The summed E-state index contributed by atoms with van der Waals surface area (Å²) in [6.45, 7) is -0.531. The van der Waals surface area contributed by atoms with Crippen LogP contribution in [0.25, 0.3) is 0 Å². The number of amides is 1. The van der Waals surface area contributed by atoms with Crippen molar-refractivity contribution in [1.29, 1.82) is 0 Å². The van der Waals surface area contributed by atoms with Crippen molar-refractivity contribution < 1.29 is 23.1 Å². The summed E-state index contributed by atoms with van der Waals surface area (Å²) in [5.41, 5.74) is -0.00999. The molecule has 2 rings (SSSR count). The molecule has 0 radical (unpaired) electrons. The van der Waals surface area contributed by atoms with Crippen LogP contribution in [0.2, 0.25) is 0 Å². The number of carbonyl (C=O) groups is 1. The van der Waals surface area contributed by atoms with Gasteiger partial charge in [0.15, 0.2) is 17.5 Å². The van der Waals surface area contributed by atoms with Gasteiger partial charge in [0.05, 0.1) is 12.6 Å². The molecule has 1 amide bonds. The van der Waals surface area contributed by atoms with Crippen LogP contribution in [0.15, 0.2) is 24.3 Å². The molecular formula is C15H16F3NO2. The second-order valence-electron chi connectivity index (χ2n) is 5.07. The maximum absolute atomic E-state index is 13.2. The van der Waals surface area contributed by atoms with Gasteiger partial charge in [0.2, 0.25) is 5.91 Å². The van der Waals surface area contributed by atoms with Gasteiger partial charge in [-0.2, -0.15) is 0 Å². The molecule has 0 aliphatic heterocycles. The molecule has 2 N–H and O–H groups in total. The van der Waals surface area contributed by atoms with E-state index in [0.29, 0.717) is 0 Å². The monoisotopic (exact) mass is 299 g/mol. The Bertz CT molecular complexity index is 537. The minimum absolute atomic E-state index is 0.00999. The molecule has 2 atom stereocenters. The standard InChI is InChI=1S/C15H16F3NO2/c16-11-6-10(7-12(17)15(11)18)13(8-20)19-14(21)5-9-3-1-2-4-9/h1,3,6-7,9,13,20H,2,4-5,8H2,(H,19,21). The second kappa shape index (κ2) is 6.76. The van der Waals surface area contributed by atoms with Crippen molar-refractivity contribution in [3.05, 3.63) is 47.3 Å². The van der Waals surface area contributed by atoms with Crippen LogP contribution >= 0.6 is 0 Å². The molecule has 3 nitrogen and oxygen atoms in total. The number of allylic oxidation sites excluding steroid dienone is 2. The Balaban J connectivity index is 2.05. The molecule has 2 unspecified atom stereocenters. The molecule has 0 spiro atoms. The molecular weight excluding hydrogens is 283 g/mol. The molecule has 6 heteroatoms. The van der Waals surface area contributed by atoms with Crippen molar-refractivity contribution >= 4 is 5.91 Å². The molecule has 0 bridgehead atoms. The van der Waals surface area contributed by atoms with E-state index in [1.54, 1.807) is 0 Å². The zero-order valence-electron chi connectivity index (χ0n) is 11.3. The van der Waals surface area contributed by atoms with E-state index in [-0.39, 0.29) is 23.8 Å². The van der Waals surface area contributed by atoms with Gasteiger partial charge in [-0.3, -0.25) is 4.79 Å². The van der Waals surface area contributed by atoms with Gasteiger partial charge in [0.25, 0.3) is 0 Å². The number of aliphatic hydroxyl groups excluding tert-OH is 1. The van der Waals surface area contributed by atoms with Crippen molar-refractivity contribution in [2.24, 2.45) is 5.92 Å². The van der Waals surface area contributed by atoms with E-state index in [9.17, 15) is 23.1 Å². The zero-order valence-corrected chi connectivity index (χ0v) is 11.3. The first-order chi connectivity index (χ1) is 10.0. The summed E-state index contributed by atoms with van der Waals surface area (Å²) < 4.78 is 39.3. The lowest BCUT2D eigenvalue weighted by molar-refractivity contribution is -0.122. The maximum Gasteiger partial charge on any atom is 0.221 e. The van der Waals surface area contributed by atoms with Crippen LogP contribution in [0.4, 0.5) is 13.2 Å². The van der Waals surface area contributed by atoms with Crippen LogP contribution in [0, 0.1) is 23.4 Å². The Hall–Kier alpha value is -1.82. The van der Waals surface area contributed by atoms with Gasteiger partial charge in [-0.1, -0.05) is 12.2 Å². The zero-order chi connectivity index (χ0) is 15.4. The lowest BCUT2D eigenvalue weighted by Gasteiger charge is -2.18. The summed E-state index contributed by atoms with van der Waals surface area (Å²) in [4.78, 5) is 11.9. The lowest BCUT2D eigenvalue weighted by Crippen LogP contribution is -2.32. The van der Waals surface area contributed by atoms with Crippen LogP contribution in [0.5, 0.6) is 0 Å². The number of hydrogen-bond acceptors (Lipinski definition) is 2. The summed E-state index contributed by atoms with van der Waals surface area (Å²) in [7, 11) is 0. The lowest BCUT2D eigenvalue weighted by atomic mass is 10.0. The summed E-state index contributed by atoms with van der Waals surface area (Å²) in [5.74, 6) is -4.45. The summed E-state index contributed by atoms with van der Waals surface area (Å²) in [5, 5.41) is 11.8. The van der Waals surface area contributed by atoms with E-state index in [4.69, 9.17) is 0 Å². The molecule has 114 valence electrons. The number of halogens is 3. The molecule has 0 fully saturated rings. The van der Waals surface area contributed by atoms with Gasteiger partial charge < -0.3 is 10.4 Å². The minimum Gasteiger partial charge on any atom is -0.394 e. The number of hydrogen-bond donors (Lipinski definition) is 2. The number of carbonyl (C=O) groups excluding carboxylic acids is 1. The van der Waals surface area contributed by atoms with Crippen molar-refractivity contribution in [2.45, 2.75) is 25.3 Å².